The summed E-state index contributed by atoms with van der Waals surface area (Å²) in [5.41, 5.74) is 0. The Hall–Kier alpha value is -1.77. The Balaban J connectivity index is 5.01. The zero-order valence-corrected chi connectivity index (χ0v) is 51.5. The van der Waals surface area contributed by atoms with E-state index in [4.69, 9.17) is 13.8 Å². The average Bonchev–Trinajstić information content (AvgIpc) is 3.37. The first kappa shape index (κ1) is 73.2. The van der Waals surface area contributed by atoms with Gasteiger partial charge in [-0.15, -0.1) is 0 Å². The number of nitrogens with zero attached hydrogens (tertiary/aromatic N) is 1. The van der Waals surface area contributed by atoms with Crippen LogP contribution < -0.4 is 5.32 Å². The molecular weight excluding hydrogens is 952 g/mol. The van der Waals surface area contributed by atoms with Crippen molar-refractivity contribution in [2.75, 3.05) is 40.9 Å². The Morgan fingerprint density at radius 1 is 0.467 bits per heavy atom. The van der Waals surface area contributed by atoms with Gasteiger partial charge in [-0.3, -0.25) is 18.6 Å². The van der Waals surface area contributed by atoms with Crippen LogP contribution in [0, 0.1) is 0 Å². The molecule has 0 aromatic rings. The van der Waals surface area contributed by atoms with Crippen molar-refractivity contribution in [2.24, 2.45) is 0 Å². The smallest absolute Gasteiger partial charge is 0.456 e. The Bertz CT molecular complexity index is 1380. The summed E-state index contributed by atoms with van der Waals surface area (Å²) < 4.78 is 30.7. The molecule has 0 aliphatic carbocycles. The van der Waals surface area contributed by atoms with Crippen LogP contribution in [-0.4, -0.2) is 74.3 Å². The van der Waals surface area contributed by atoms with Crippen molar-refractivity contribution in [3.05, 3.63) is 36.5 Å². The Kier molecular flexibility index (Phi) is 54.2. The number of nitrogens with one attached hydrogen (secondary N) is 1. The van der Waals surface area contributed by atoms with E-state index >= 15 is 0 Å². The van der Waals surface area contributed by atoms with E-state index in [2.05, 4.69) is 50.4 Å². The first-order valence-corrected chi connectivity index (χ1v) is 33.8. The summed E-state index contributed by atoms with van der Waals surface area (Å²) in [6.45, 7) is 7.02. The highest BCUT2D eigenvalue weighted by Crippen LogP contribution is 2.43. The fourth-order valence-electron chi connectivity index (χ4n) is 9.56. The third-order valence-electron chi connectivity index (χ3n) is 14.6. The number of carbonyl (C=O) groups is 2. The molecule has 3 unspecified atom stereocenters. The summed E-state index contributed by atoms with van der Waals surface area (Å²) in [5, 5.41) is 3.06. The van der Waals surface area contributed by atoms with E-state index in [1.165, 1.54) is 218 Å². The highest BCUT2D eigenvalue weighted by atomic mass is 31.2. The largest absolute Gasteiger partial charge is 0.472 e. The fourth-order valence-corrected chi connectivity index (χ4v) is 10.3. The minimum absolute atomic E-state index is 0.0431. The Morgan fingerprint density at radius 2 is 0.813 bits per heavy atom. The number of quaternary nitrogens is 1. The van der Waals surface area contributed by atoms with Gasteiger partial charge in [0.15, 0.2) is 0 Å². The highest BCUT2D eigenvalue weighted by molar-refractivity contribution is 7.47. The zero-order chi connectivity index (χ0) is 55.0. The second kappa shape index (κ2) is 55.5. The summed E-state index contributed by atoms with van der Waals surface area (Å²) in [6.07, 6.45) is 67.2. The molecule has 0 saturated carbocycles. The molecule has 1 amide bonds. The quantitative estimate of drug-likeness (QED) is 0.0205. The number of hydrogen-bond donors (Lipinski definition) is 2. The van der Waals surface area contributed by atoms with Gasteiger partial charge in [-0.05, 0) is 63.9 Å². The number of ether oxygens (including phenoxy) is 1. The van der Waals surface area contributed by atoms with Crippen LogP contribution in [0.5, 0.6) is 0 Å². The van der Waals surface area contributed by atoms with Crippen LogP contribution in [0.3, 0.4) is 0 Å². The molecule has 0 fully saturated rings. The molecule has 0 aliphatic heterocycles. The number of carbonyl (C=O) groups excluding carboxylic acids is 2. The summed E-state index contributed by atoms with van der Waals surface area (Å²) in [5.74, 6) is -0.491. The average molecular weight is 1080 g/mol. The maximum absolute atomic E-state index is 13.5. The normalized spacial score (nSPS) is 13.9. The molecule has 75 heavy (non-hydrogen) atoms. The zero-order valence-electron chi connectivity index (χ0n) is 50.6. The summed E-state index contributed by atoms with van der Waals surface area (Å²) in [6, 6.07) is -0.843. The molecule has 3 atom stereocenters. The van der Waals surface area contributed by atoms with Crippen LogP contribution in [0.4, 0.5) is 0 Å². The summed E-state index contributed by atoms with van der Waals surface area (Å²) in [4.78, 5) is 37.7. The van der Waals surface area contributed by atoms with E-state index in [1.807, 2.05) is 33.3 Å². The lowest BCUT2D eigenvalue weighted by molar-refractivity contribution is -0.870. The summed E-state index contributed by atoms with van der Waals surface area (Å²) >= 11 is 0. The van der Waals surface area contributed by atoms with Gasteiger partial charge in [0.1, 0.15) is 19.3 Å². The van der Waals surface area contributed by atoms with Crippen LogP contribution in [0.2, 0.25) is 0 Å². The summed E-state index contributed by atoms with van der Waals surface area (Å²) in [7, 11) is 1.51. The molecule has 0 rings (SSSR count). The van der Waals surface area contributed by atoms with E-state index in [-0.39, 0.29) is 25.1 Å². The van der Waals surface area contributed by atoms with Gasteiger partial charge in [0.05, 0.1) is 33.8 Å². The van der Waals surface area contributed by atoms with Gasteiger partial charge in [-0.25, -0.2) is 4.57 Å². The minimum atomic E-state index is -4.44. The molecular formula is C65H126N2O7P+. The third kappa shape index (κ3) is 56.8. The van der Waals surface area contributed by atoms with Crippen LogP contribution in [-0.2, 0) is 27.9 Å². The Labute approximate surface area is 466 Å². The van der Waals surface area contributed by atoms with Gasteiger partial charge in [0, 0.05) is 12.8 Å². The number of hydrogen-bond acceptors (Lipinski definition) is 6. The first-order valence-electron chi connectivity index (χ1n) is 32.3. The van der Waals surface area contributed by atoms with Crippen molar-refractivity contribution < 1.29 is 37.3 Å². The van der Waals surface area contributed by atoms with E-state index in [0.717, 1.165) is 64.2 Å². The molecule has 0 heterocycles. The third-order valence-corrected chi connectivity index (χ3v) is 15.6. The fraction of sp³-hybridized carbons (Fsp3) is 0.877. The predicted molar refractivity (Wildman–Crippen MR) is 323 cm³/mol. The van der Waals surface area contributed by atoms with Gasteiger partial charge in [-0.1, -0.05) is 276 Å². The monoisotopic (exact) mass is 1080 g/mol. The molecule has 0 aliphatic rings. The van der Waals surface area contributed by atoms with E-state index in [9.17, 15) is 19.0 Å². The lowest BCUT2D eigenvalue weighted by Gasteiger charge is -2.27. The van der Waals surface area contributed by atoms with Crippen molar-refractivity contribution in [3.63, 3.8) is 0 Å². The number of phosphoric acid groups is 1. The van der Waals surface area contributed by atoms with Crippen molar-refractivity contribution in [3.8, 4) is 0 Å². The number of unbranched alkanes of at least 4 members (excludes halogenated alkanes) is 39. The molecule has 0 aromatic heterocycles. The molecule has 0 saturated heterocycles. The second-order valence-electron chi connectivity index (χ2n) is 23.3. The second-order valence-corrected chi connectivity index (χ2v) is 24.7. The van der Waals surface area contributed by atoms with E-state index in [1.54, 1.807) is 0 Å². The van der Waals surface area contributed by atoms with E-state index < -0.39 is 20.0 Å². The number of rotatable bonds is 59. The van der Waals surface area contributed by atoms with Gasteiger partial charge in [0.25, 0.3) is 0 Å². The van der Waals surface area contributed by atoms with Crippen molar-refractivity contribution in [1.29, 1.82) is 0 Å². The number of allylic oxidation sites excluding steroid dienone is 5. The first-order chi connectivity index (χ1) is 36.4. The number of phosphoric ester groups is 1. The molecule has 10 heteroatoms. The molecule has 0 spiro atoms. The molecule has 0 bridgehead atoms. The van der Waals surface area contributed by atoms with E-state index in [0.29, 0.717) is 23.9 Å². The minimum Gasteiger partial charge on any atom is -0.456 e. The number of amides is 1. The van der Waals surface area contributed by atoms with Gasteiger partial charge in [-0.2, -0.15) is 0 Å². The maximum atomic E-state index is 13.5. The van der Waals surface area contributed by atoms with Crippen molar-refractivity contribution in [2.45, 2.75) is 328 Å². The molecule has 0 radical (unpaired) electrons. The highest BCUT2D eigenvalue weighted by Gasteiger charge is 2.30. The molecule has 0 aromatic carbocycles. The van der Waals surface area contributed by atoms with Crippen molar-refractivity contribution in [1.82, 2.24) is 5.32 Å². The van der Waals surface area contributed by atoms with Crippen molar-refractivity contribution >= 4 is 19.7 Å². The lowest BCUT2D eigenvalue weighted by atomic mass is 10.0. The lowest BCUT2D eigenvalue weighted by Crippen LogP contribution is -2.47. The Morgan fingerprint density at radius 3 is 1.23 bits per heavy atom. The molecule has 442 valence electrons. The number of esters is 1. The van der Waals surface area contributed by atoms with Gasteiger partial charge >= 0.3 is 13.8 Å². The molecule has 9 nitrogen and oxygen atoms in total. The van der Waals surface area contributed by atoms with Crippen LogP contribution in [0.25, 0.3) is 0 Å². The van der Waals surface area contributed by atoms with Crippen LogP contribution >= 0.6 is 7.82 Å². The van der Waals surface area contributed by atoms with Gasteiger partial charge < -0.3 is 19.4 Å². The van der Waals surface area contributed by atoms with Gasteiger partial charge in [0.2, 0.25) is 5.91 Å². The SMILES string of the molecule is CCCCC/C=C\C/C=C\CCCCCCCCCCCCCCCCCC(=O)NC(COP(=O)(O)OCC[N+](C)(C)C)C(/C=C\CCCCCCCCCCC)OC(=O)CCCCCCCCCCCCCCC. The topological polar surface area (TPSA) is 111 Å². The molecule has 2 N–H and O–H groups in total. The van der Waals surface area contributed by atoms with Crippen LogP contribution in [0.15, 0.2) is 36.5 Å². The number of likely N-dealkylation sites (N-methyl/N-ethyl adjacent to an activating group) is 1. The standard InChI is InChI=1S/C65H125N2O7P/c1-7-10-13-16-19-22-25-27-28-29-30-31-32-33-34-35-36-37-38-40-42-45-48-51-54-57-64(68)66-62(61-73-75(70,71)72-60-59-67(4,5)6)63(56-53-50-47-44-41-24-21-18-15-12-9-3)74-65(69)58-55-52-49-46-43-39-26-23-20-17-14-11-8-2/h19,22,27-28,53,56,62-63H,7-18,20-21,23-26,29-52,54-55,57-61H2,1-6H3,(H-,66,68,70,71)/p+1/b22-19-,28-27-,56-53-. The maximum Gasteiger partial charge on any atom is 0.472 e. The predicted octanol–water partition coefficient (Wildman–Crippen LogP) is 19.9. The van der Waals surface area contributed by atoms with Crippen LogP contribution in [0.1, 0.15) is 316 Å².